The average Bonchev–Trinajstić information content (AvgIpc) is 3.45. The lowest BCUT2D eigenvalue weighted by molar-refractivity contribution is 0.139. The predicted molar refractivity (Wildman–Crippen MR) is 150 cm³/mol. The molecule has 39 heavy (non-hydrogen) atoms. The summed E-state index contributed by atoms with van der Waals surface area (Å²) in [6.45, 7) is 2.80. The lowest BCUT2D eigenvalue weighted by Crippen LogP contribution is -2.29. The van der Waals surface area contributed by atoms with Crippen LogP contribution in [0.25, 0.3) is 33.2 Å². The first kappa shape index (κ1) is 26.2. The van der Waals surface area contributed by atoms with E-state index in [-0.39, 0.29) is 23.4 Å². The van der Waals surface area contributed by atoms with Crippen LogP contribution in [0.4, 0.5) is 4.79 Å². The Labute approximate surface area is 224 Å². The van der Waals surface area contributed by atoms with E-state index in [0.717, 1.165) is 35.5 Å². The van der Waals surface area contributed by atoms with Crippen molar-refractivity contribution >= 4 is 40.6 Å². The number of aromatic nitrogens is 2. The summed E-state index contributed by atoms with van der Waals surface area (Å²) in [5.41, 5.74) is 3.26. The van der Waals surface area contributed by atoms with Crippen molar-refractivity contribution in [1.29, 1.82) is 0 Å². The van der Waals surface area contributed by atoms with E-state index in [0.29, 0.717) is 28.5 Å². The Hall–Kier alpha value is -4.41. The van der Waals surface area contributed by atoms with E-state index in [2.05, 4.69) is 22.2 Å². The van der Waals surface area contributed by atoms with E-state index < -0.39 is 13.2 Å². The van der Waals surface area contributed by atoms with Crippen LogP contribution in [0.5, 0.6) is 0 Å². The molecule has 1 atom stereocenters. The van der Waals surface area contributed by atoms with E-state index >= 15 is 0 Å². The Bertz CT molecular complexity index is 1660. The van der Waals surface area contributed by atoms with Gasteiger partial charge in [-0.25, -0.2) is 9.78 Å². The smallest absolute Gasteiger partial charge is 0.456 e. The van der Waals surface area contributed by atoms with Crippen molar-refractivity contribution in [2.24, 2.45) is 0 Å². The number of carbonyl (C=O) groups excluding carboxylic acids is 1. The van der Waals surface area contributed by atoms with Gasteiger partial charge in [0, 0.05) is 18.0 Å². The number of hydrogen-bond acceptors (Lipinski definition) is 7. The van der Waals surface area contributed by atoms with Gasteiger partial charge in [0.1, 0.15) is 23.6 Å². The van der Waals surface area contributed by atoms with E-state index in [1.165, 1.54) is 18.2 Å². The molecular weight excluding hydrogens is 497 g/mol. The van der Waals surface area contributed by atoms with E-state index in [4.69, 9.17) is 9.15 Å². The van der Waals surface area contributed by atoms with Gasteiger partial charge < -0.3 is 29.5 Å². The quantitative estimate of drug-likeness (QED) is 0.130. The lowest BCUT2D eigenvalue weighted by Gasteiger charge is -2.10. The second-order valence-corrected chi connectivity index (χ2v) is 9.49. The maximum absolute atomic E-state index is 13.1. The number of fused-ring (bicyclic) bond motifs is 2. The van der Waals surface area contributed by atoms with Crippen LogP contribution < -0.4 is 16.2 Å². The summed E-state index contributed by atoms with van der Waals surface area (Å²) in [6.07, 6.45) is 2.87. The third-order valence-electron chi connectivity index (χ3n) is 6.66. The number of nitrogens with one attached hydrogen (secondary N) is 2. The number of rotatable bonds is 9. The lowest BCUT2D eigenvalue weighted by atomic mass is 9.80. The van der Waals surface area contributed by atoms with Gasteiger partial charge in [0.15, 0.2) is 0 Å². The number of ether oxygens (including phenoxy) is 1. The zero-order valence-electron chi connectivity index (χ0n) is 21.4. The van der Waals surface area contributed by atoms with Crippen molar-refractivity contribution in [1.82, 2.24) is 15.3 Å². The van der Waals surface area contributed by atoms with Gasteiger partial charge in [-0.05, 0) is 54.2 Å². The second-order valence-electron chi connectivity index (χ2n) is 9.49. The number of nitrogens with zero attached hydrogens (tertiary/aromatic N) is 1. The first-order valence-electron chi connectivity index (χ1n) is 12.8. The van der Waals surface area contributed by atoms with Crippen molar-refractivity contribution in [2.75, 3.05) is 6.54 Å². The number of carbonyl (C=O) groups is 1. The molecule has 0 unspecified atom stereocenters. The molecule has 0 radical (unpaired) electrons. The molecule has 0 bridgehead atoms. The number of H-pyrrole nitrogens is 1. The van der Waals surface area contributed by atoms with Crippen molar-refractivity contribution in [3.05, 3.63) is 94.5 Å². The van der Waals surface area contributed by atoms with E-state index in [1.807, 2.05) is 36.4 Å². The van der Waals surface area contributed by atoms with Crippen molar-refractivity contribution in [3.63, 3.8) is 0 Å². The molecule has 0 spiro atoms. The topological polar surface area (TPSA) is 138 Å². The fraction of sp³-hybridized carbons (Fsp3) is 0.207. The monoisotopic (exact) mass is 525 g/mol. The van der Waals surface area contributed by atoms with Gasteiger partial charge in [-0.1, -0.05) is 43.3 Å². The van der Waals surface area contributed by atoms with Crippen molar-refractivity contribution in [3.8, 4) is 11.3 Å². The van der Waals surface area contributed by atoms with Crippen LogP contribution in [0.1, 0.15) is 37.1 Å². The number of benzene rings is 3. The third-order valence-corrected chi connectivity index (χ3v) is 6.66. The molecule has 3 aromatic carbocycles. The largest absolute Gasteiger partial charge is 0.488 e. The van der Waals surface area contributed by atoms with Gasteiger partial charge in [-0.15, -0.1) is 0 Å². The molecule has 2 aromatic heterocycles. The summed E-state index contributed by atoms with van der Waals surface area (Å²) in [5.74, 6) is 0.948. The minimum atomic E-state index is -1.65. The Morgan fingerprint density at radius 1 is 1.08 bits per heavy atom. The molecular formula is C29H28BN3O6. The molecule has 0 aliphatic carbocycles. The Morgan fingerprint density at radius 2 is 1.90 bits per heavy atom. The van der Waals surface area contributed by atoms with Crippen LogP contribution in [0.2, 0.25) is 0 Å². The number of amides is 1. The summed E-state index contributed by atoms with van der Waals surface area (Å²) in [4.78, 5) is 32.9. The molecule has 9 nitrogen and oxygen atoms in total. The molecule has 0 aliphatic rings. The predicted octanol–water partition coefficient (Wildman–Crippen LogP) is 3.83. The number of imidazole rings is 1. The van der Waals surface area contributed by atoms with E-state index in [9.17, 15) is 19.6 Å². The normalized spacial score (nSPS) is 12.0. The summed E-state index contributed by atoms with van der Waals surface area (Å²) < 4.78 is 11.1. The number of aromatic amines is 1. The first-order valence-corrected chi connectivity index (χ1v) is 12.8. The van der Waals surface area contributed by atoms with Crippen LogP contribution >= 0.6 is 0 Å². The minimum absolute atomic E-state index is 0.131. The van der Waals surface area contributed by atoms with Gasteiger partial charge in [0.25, 0.3) is 0 Å². The standard InChI is InChI=1S/C29H28BN3O6/c1-18(6-5-13-31-29(35)38-17-19-7-3-2-4-8-19)28-32-16-24(33-28)20-9-12-25-23(14-20)27(34)22-11-10-21(30(36)37)15-26(22)39-25/h2-4,7-12,14-16,18,36-37H,5-6,13,17H2,1H3,(H,31,35)(H,32,33)/t18-/m0/s1. The van der Waals surface area contributed by atoms with Crippen molar-refractivity contribution < 1.29 is 24.0 Å². The second kappa shape index (κ2) is 11.5. The molecule has 0 saturated carbocycles. The maximum atomic E-state index is 13.1. The molecule has 0 fully saturated rings. The molecule has 1 amide bonds. The highest BCUT2D eigenvalue weighted by Crippen LogP contribution is 2.26. The highest BCUT2D eigenvalue weighted by atomic mass is 16.5. The van der Waals surface area contributed by atoms with Crippen molar-refractivity contribution in [2.45, 2.75) is 32.3 Å². The maximum Gasteiger partial charge on any atom is 0.488 e. The fourth-order valence-electron chi connectivity index (χ4n) is 4.44. The number of alkyl carbamates (subject to hydrolysis) is 1. The van der Waals surface area contributed by atoms with Gasteiger partial charge in [0.05, 0.1) is 22.7 Å². The fourth-order valence-corrected chi connectivity index (χ4v) is 4.44. The molecule has 198 valence electrons. The molecule has 4 N–H and O–H groups in total. The van der Waals surface area contributed by atoms with Crippen LogP contribution in [0.15, 0.2) is 82.1 Å². The third kappa shape index (κ3) is 6.03. The molecule has 0 saturated heterocycles. The number of hydrogen-bond donors (Lipinski definition) is 4. The summed E-state index contributed by atoms with van der Waals surface area (Å²) in [6, 6.07) is 19.3. The van der Waals surface area contributed by atoms with Gasteiger partial charge in [-0.2, -0.15) is 0 Å². The summed E-state index contributed by atoms with van der Waals surface area (Å²) in [5, 5.41) is 22.4. The SMILES string of the molecule is C[C@@H](CCCNC(=O)OCc1ccccc1)c1ncc(-c2ccc3oc4cc(B(O)O)ccc4c(=O)c3c2)[nH]1. The molecule has 10 heteroatoms. The van der Waals surface area contributed by atoms with E-state index in [1.54, 1.807) is 18.3 Å². The minimum Gasteiger partial charge on any atom is -0.456 e. The Balaban J connectivity index is 1.20. The summed E-state index contributed by atoms with van der Waals surface area (Å²) in [7, 11) is -1.65. The molecule has 5 rings (SSSR count). The average molecular weight is 525 g/mol. The summed E-state index contributed by atoms with van der Waals surface area (Å²) >= 11 is 0. The Morgan fingerprint density at radius 3 is 2.69 bits per heavy atom. The van der Waals surface area contributed by atoms with Crippen LogP contribution in [0.3, 0.4) is 0 Å². The van der Waals surface area contributed by atoms with Gasteiger partial charge in [-0.3, -0.25) is 4.79 Å². The van der Waals surface area contributed by atoms with Gasteiger partial charge in [0.2, 0.25) is 5.43 Å². The Kier molecular flexibility index (Phi) is 7.76. The highest BCUT2D eigenvalue weighted by Gasteiger charge is 2.16. The molecule has 0 aliphatic heterocycles. The van der Waals surface area contributed by atoms with Crippen LogP contribution in [-0.4, -0.2) is 39.8 Å². The van der Waals surface area contributed by atoms with Crippen LogP contribution in [0, 0.1) is 0 Å². The zero-order chi connectivity index (χ0) is 27.4. The van der Waals surface area contributed by atoms with Gasteiger partial charge >= 0.3 is 13.2 Å². The first-order chi connectivity index (χ1) is 18.9. The molecule has 5 aromatic rings. The highest BCUT2D eigenvalue weighted by molar-refractivity contribution is 6.58. The van der Waals surface area contributed by atoms with Crippen LogP contribution in [-0.2, 0) is 11.3 Å². The molecule has 2 heterocycles. The zero-order valence-corrected chi connectivity index (χ0v) is 21.4.